The third kappa shape index (κ3) is 4.85. The van der Waals surface area contributed by atoms with Gasteiger partial charge in [0, 0.05) is 18.7 Å². The lowest BCUT2D eigenvalue weighted by Gasteiger charge is -2.19. The molecule has 0 aliphatic carbocycles. The molecule has 0 bridgehead atoms. The van der Waals surface area contributed by atoms with E-state index in [-0.39, 0.29) is 5.91 Å². The molecule has 0 radical (unpaired) electrons. The van der Waals surface area contributed by atoms with Crippen molar-refractivity contribution < 1.29 is 4.79 Å². The molecule has 0 unspecified atom stereocenters. The Bertz CT molecular complexity index is 443. The summed E-state index contributed by atoms with van der Waals surface area (Å²) in [6, 6.07) is 3.06. The van der Waals surface area contributed by atoms with Gasteiger partial charge in [-0.1, -0.05) is 37.0 Å². The van der Waals surface area contributed by atoms with Crippen molar-refractivity contribution in [2.24, 2.45) is 0 Å². The van der Waals surface area contributed by atoms with Crippen LogP contribution in [0, 0.1) is 0 Å². The van der Waals surface area contributed by atoms with E-state index in [9.17, 15) is 4.79 Å². The number of amides is 1. The second-order valence-electron chi connectivity index (χ2n) is 4.54. The summed E-state index contributed by atoms with van der Waals surface area (Å²) in [6.45, 7) is 7.67. The number of hydrogen-bond acceptors (Lipinski definition) is 3. The van der Waals surface area contributed by atoms with Crippen molar-refractivity contribution in [2.45, 2.75) is 20.3 Å². The zero-order chi connectivity index (χ0) is 15.1. The Hall–Kier alpha value is -0.970. The number of rotatable bonds is 7. The van der Waals surface area contributed by atoms with E-state index in [1.54, 1.807) is 0 Å². The van der Waals surface area contributed by atoms with Gasteiger partial charge in [0.05, 0.1) is 15.7 Å². The molecule has 0 heterocycles. The number of benzene rings is 1. The predicted molar refractivity (Wildman–Crippen MR) is 85.6 cm³/mol. The number of hydrogen-bond donors (Lipinski definition) is 2. The van der Waals surface area contributed by atoms with Crippen LogP contribution >= 0.6 is 23.2 Å². The van der Waals surface area contributed by atoms with Crippen LogP contribution in [-0.2, 0) is 0 Å². The van der Waals surface area contributed by atoms with Gasteiger partial charge < -0.3 is 16.0 Å². The van der Waals surface area contributed by atoms with E-state index >= 15 is 0 Å². The van der Waals surface area contributed by atoms with E-state index in [0.29, 0.717) is 27.8 Å². The largest absolute Gasteiger partial charge is 0.396 e. The van der Waals surface area contributed by atoms with Crippen molar-refractivity contribution in [2.75, 3.05) is 31.9 Å². The summed E-state index contributed by atoms with van der Waals surface area (Å²) in [5.74, 6) is -0.193. The number of halogens is 2. The number of likely N-dealkylation sites (N-methyl/N-ethyl adjacent to an activating group) is 1. The number of nitrogens with zero attached hydrogens (tertiary/aromatic N) is 1. The molecule has 1 aromatic rings. The molecule has 1 amide bonds. The lowest BCUT2D eigenvalue weighted by Crippen LogP contribution is -2.35. The molecule has 112 valence electrons. The summed E-state index contributed by atoms with van der Waals surface area (Å²) in [5.41, 5.74) is 6.36. The van der Waals surface area contributed by atoms with Crippen LogP contribution in [0.15, 0.2) is 12.1 Å². The normalized spacial score (nSPS) is 10.8. The number of nitrogens with two attached hydrogens (primary N) is 1. The molecule has 20 heavy (non-hydrogen) atoms. The fraction of sp³-hybridized carbons (Fsp3) is 0.500. The van der Waals surface area contributed by atoms with Crippen molar-refractivity contribution in [3.8, 4) is 0 Å². The SMILES string of the molecule is CCCN(CC)CCNC(=O)c1cc(Cl)c(N)c(Cl)c1. The van der Waals surface area contributed by atoms with E-state index in [1.165, 1.54) is 12.1 Å². The standard InChI is InChI=1S/C14H21Cl2N3O/c1-3-6-19(4-2)7-5-18-14(20)10-8-11(15)13(17)12(16)9-10/h8-9H,3-7,17H2,1-2H3,(H,18,20). The Kier molecular flexibility index (Phi) is 7.13. The highest BCUT2D eigenvalue weighted by molar-refractivity contribution is 6.39. The number of nitrogens with one attached hydrogen (secondary N) is 1. The van der Waals surface area contributed by atoms with Crippen molar-refractivity contribution in [1.82, 2.24) is 10.2 Å². The van der Waals surface area contributed by atoms with Gasteiger partial charge in [-0.25, -0.2) is 0 Å². The first-order valence-corrected chi connectivity index (χ1v) is 7.50. The summed E-state index contributed by atoms with van der Waals surface area (Å²) in [7, 11) is 0. The zero-order valence-electron chi connectivity index (χ0n) is 11.9. The van der Waals surface area contributed by atoms with Crippen molar-refractivity contribution in [3.05, 3.63) is 27.7 Å². The van der Waals surface area contributed by atoms with Crippen molar-refractivity contribution >= 4 is 34.8 Å². The molecular weight excluding hydrogens is 297 g/mol. The molecule has 0 atom stereocenters. The van der Waals surface area contributed by atoms with E-state index in [1.807, 2.05) is 0 Å². The van der Waals surface area contributed by atoms with Crippen LogP contribution in [0.1, 0.15) is 30.6 Å². The van der Waals surface area contributed by atoms with E-state index in [0.717, 1.165) is 26.1 Å². The third-order valence-corrected chi connectivity index (χ3v) is 3.67. The van der Waals surface area contributed by atoms with Crippen LogP contribution in [0.4, 0.5) is 5.69 Å². The molecule has 3 N–H and O–H groups in total. The third-order valence-electron chi connectivity index (χ3n) is 3.04. The summed E-state index contributed by atoms with van der Waals surface area (Å²) in [6.07, 6.45) is 1.10. The maximum absolute atomic E-state index is 12.0. The minimum Gasteiger partial charge on any atom is -0.396 e. The average molecular weight is 318 g/mol. The van der Waals surface area contributed by atoms with Gasteiger partial charge in [0.1, 0.15) is 0 Å². The Morgan fingerprint density at radius 3 is 2.35 bits per heavy atom. The van der Waals surface area contributed by atoms with Crippen LogP contribution in [-0.4, -0.2) is 37.0 Å². The first kappa shape index (κ1) is 17.1. The lowest BCUT2D eigenvalue weighted by molar-refractivity contribution is 0.0948. The molecule has 0 fully saturated rings. The second-order valence-corrected chi connectivity index (χ2v) is 5.36. The summed E-state index contributed by atoms with van der Waals surface area (Å²) in [4.78, 5) is 14.3. The Morgan fingerprint density at radius 2 is 1.85 bits per heavy atom. The highest BCUT2D eigenvalue weighted by Crippen LogP contribution is 2.28. The van der Waals surface area contributed by atoms with E-state index in [4.69, 9.17) is 28.9 Å². The highest BCUT2D eigenvalue weighted by Gasteiger charge is 2.11. The maximum Gasteiger partial charge on any atom is 0.251 e. The smallest absolute Gasteiger partial charge is 0.251 e. The lowest BCUT2D eigenvalue weighted by atomic mass is 10.2. The van der Waals surface area contributed by atoms with Crippen molar-refractivity contribution in [1.29, 1.82) is 0 Å². The number of carbonyl (C=O) groups excluding carboxylic acids is 1. The summed E-state index contributed by atoms with van der Waals surface area (Å²) >= 11 is 11.8. The van der Waals surface area contributed by atoms with Gasteiger partial charge in [0.2, 0.25) is 0 Å². The predicted octanol–water partition coefficient (Wildman–Crippen LogP) is 3.04. The van der Waals surface area contributed by atoms with Gasteiger partial charge in [-0.15, -0.1) is 0 Å². The molecular formula is C14H21Cl2N3O. The van der Waals surface area contributed by atoms with Crippen LogP contribution in [0.5, 0.6) is 0 Å². The fourth-order valence-corrected chi connectivity index (χ4v) is 2.38. The van der Waals surface area contributed by atoms with Gasteiger partial charge >= 0.3 is 0 Å². The fourth-order valence-electron chi connectivity index (χ4n) is 1.89. The highest BCUT2D eigenvalue weighted by atomic mass is 35.5. The van der Waals surface area contributed by atoms with Crippen molar-refractivity contribution in [3.63, 3.8) is 0 Å². The zero-order valence-corrected chi connectivity index (χ0v) is 13.4. The van der Waals surface area contributed by atoms with Gasteiger partial charge in [0.25, 0.3) is 5.91 Å². The summed E-state index contributed by atoms with van der Waals surface area (Å²) < 4.78 is 0. The molecule has 0 saturated carbocycles. The minimum atomic E-state index is -0.193. The second kappa shape index (κ2) is 8.35. The average Bonchev–Trinajstić information content (AvgIpc) is 2.43. The molecule has 0 spiro atoms. The van der Waals surface area contributed by atoms with Gasteiger partial charge in [0.15, 0.2) is 0 Å². The first-order chi connectivity index (χ1) is 9.49. The molecule has 4 nitrogen and oxygen atoms in total. The monoisotopic (exact) mass is 317 g/mol. The number of nitrogen functional groups attached to an aromatic ring is 1. The van der Waals surface area contributed by atoms with Crippen LogP contribution in [0.2, 0.25) is 10.0 Å². The van der Waals surface area contributed by atoms with Gasteiger partial charge in [-0.3, -0.25) is 4.79 Å². The number of carbonyl (C=O) groups is 1. The quantitative estimate of drug-likeness (QED) is 0.760. The van der Waals surface area contributed by atoms with Gasteiger partial charge in [-0.05, 0) is 31.6 Å². The van der Waals surface area contributed by atoms with Gasteiger partial charge in [-0.2, -0.15) is 0 Å². The molecule has 0 aliphatic heterocycles. The maximum atomic E-state index is 12.0. The summed E-state index contributed by atoms with van der Waals surface area (Å²) in [5, 5.41) is 3.45. The van der Waals surface area contributed by atoms with Crippen LogP contribution < -0.4 is 11.1 Å². The molecule has 6 heteroatoms. The van der Waals surface area contributed by atoms with Crippen LogP contribution in [0.25, 0.3) is 0 Å². The molecule has 1 rings (SSSR count). The Balaban J connectivity index is 2.55. The van der Waals surface area contributed by atoms with Crippen LogP contribution in [0.3, 0.4) is 0 Å². The minimum absolute atomic E-state index is 0.193. The van der Waals surface area contributed by atoms with E-state index < -0.39 is 0 Å². The number of anilines is 1. The first-order valence-electron chi connectivity index (χ1n) is 6.74. The molecule has 0 saturated heterocycles. The molecule has 0 aliphatic rings. The Labute approximate surface area is 130 Å². The molecule has 1 aromatic carbocycles. The van der Waals surface area contributed by atoms with E-state index in [2.05, 4.69) is 24.1 Å². The topological polar surface area (TPSA) is 58.4 Å². The molecule has 0 aromatic heterocycles. The Morgan fingerprint density at radius 1 is 1.25 bits per heavy atom.